The molecular formula is C20H21N. The Morgan fingerprint density at radius 1 is 0.952 bits per heavy atom. The van der Waals surface area contributed by atoms with Gasteiger partial charge in [0.25, 0.3) is 0 Å². The molecule has 0 N–H and O–H groups in total. The molecule has 0 unspecified atom stereocenters. The maximum Gasteiger partial charge on any atom is 0.0732 e. The molecule has 2 aromatic rings. The van der Waals surface area contributed by atoms with E-state index in [0.29, 0.717) is 0 Å². The number of fused-ring (bicyclic) bond motifs is 8. The first kappa shape index (κ1) is 12.8. The molecule has 0 spiro atoms. The molecule has 106 valence electrons. The van der Waals surface area contributed by atoms with Gasteiger partial charge in [0.1, 0.15) is 0 Å². The standard InChI is InChI=1S/C20H21N/c1-4-14-21-19(3)15-10-6-8-12-17(15)20(21,5-2)18-13-9-7-11-16(18)19/h4,6-13H,1,5,14H2,2-3H3. The Labute approximate surface area is 126 Å². The summed E-state index contributed by atoms with van der Waals surface area (Å²) < 4.78 is 0. The Kier molecular flexibility index (Phi) is 2.50. The van der Waals surface area contributed by atoms with Crippen LogP contribution in [0.25, 0.3) is 0 Å². The second kappa shape index (κ2) is 4.08. The van der Waals surface area contributed by atoms with Crippen molar-refractivity contribution in [2.45, 2.75) is 31.3 Å². The first-order valence-electron chi connectivity index (χ1n) is 7.80. The molecule has 0 amide bonds. The number of hydrogen-bond donors (Lipinski definition) is 0. The highest BCUT2D eigenvalue weighted by atomic mass is 15.3. The molecule has 0 radical (unpaired) electrons. The summed E-state index contributed by atoms with van der Waals surface area (Å²) in [4.78, 5) is 2.64. The summed E-state index contributed by atoms with van der Waals surface area (Å²) in [6, 6.07) is 17.9. The minimum absolute atomic E-state index is 0.0100. The number of hydrogen-bond acceptors (Lipinski definition) is 1. The van der Waals surface area contributed by atoms with Crippen LogP contribution >= 0.6 is 0 Å². The number of rotatable bonds is 3. The quantitative estimate of drug-likeness (QED) is 0.750. The van der Waals surface area contributed by atoms with E-state index in [1.807, 2.05) is 6.08 Å². The third kappa shape index (κ3) is 1.22. The van der Waals surface area contributed by atoms with Crippen LogP contribution in [0, 0.1) is 0 Å². The summed E-state index contributed by atoms with van der Waals surface area (Å²) in [6.07, 6.45) is 3.13. The van der Waals surface area contributed by atoms with Crippen LogP contribution in [0.2, 0.25) is 0 Å². The molecule has 0 aliphatic carbocycles. The molecule has 2 aliphatic heterocycles. The molecule has 2 heterocycles. The molecule has 2 aromatic carbocycles. The lowest BCUT2D eigenvalue weighted by Crippen LogP contribution is -2.44. The predicted octanol–water partition coefficient (Wildman–Crippen LogP) is 4.42. The highest BCUT2D eigenvalue weighted by molar-refractivity contribution is 5.64. The van der Waals surface area contributed by atoms with Crippen LogP contribution in [0.1, 0.15) is 42.5 Å². The van der Waals surface area contributed by atoms with E-state index in [4.69, 9.17) is 0 Å². The van der Waals surface area contributed by atoms with Gasteiger partial charge in [-0.25, -0.2) is 0 Å². The summed E-state index contributed by atoms with van der Waals surface area (Å²) in [5.41, 5.74) is 5.87. The van der Waals surface area contributed by atoms with E-state index in [0.717, 1.165) is 13.0 Å². The fraction of sp³-hybridized carbons (Fsp3) is 0.300. The summed E-state index contributed by atoms with van der Waals surface area (Å²) >= 11 is 0. The van der Waals surface area contributed by atoms with E-state index < -0.39 is 0 Å². The van der Waals surface area contributed by atoms with Crippen LogP contribution in [0.3, 0.4) is 0 Å². The average Bonchev–Trinajstić information content (AvgIpc) is 2.89. The van der Waals surface area contributed by atoms with Crippen molar-refractivity contribution in [3.8, 4) is 0 Å². The van der Waals surface area contributed by atoms with Crippen molar-refractivity contribution in [3.63, 3.8) is 0 Å². The fourth-order valence-corrected chi connectivity index (χ4v) is 4.83. The number of nitrogens with zero attached hydrogens (tertiary/aromatic N) is 1. The van der Waals surface area contributed by atoms with Gasteiger partial charge in [-0.1, -0.05) is 61.5 Å². The third-order valence-electron chi connectivity index (χ3n) is 5.62. The Morgan fingerprint density at radius 2 is 1.43 bits per heavy atom. The van der Waals surface area contributed by atoms with E-state index in [-0.39, 0.29) is 11.1 Å². The van der Waals surface area contributed by atoms with Crippen LogP contribution < -0.4 is 0 Å². The van der Waals surface area contributed by atoms with E-state index in [2.05, 4.69) is 73.9 Å². The van der Waals surface area contributed by atoms with Crippen LogP contribution in [-0.2, 0) is 11.1 Å². The van der Waals surface area contributed by atoms with Crippen molar-refractivity contribution in [1.82, 2.24) is 4.90 Å². The molecule has 1 nitrogen and oxygen atoms in total. The summed E-state index contributed by atoms with van der Waals surface area (Å²) in [5, 5.41) is 0. The smallest absolute Gasteiger partial charge is 0.0732 e. The summed E-state index contributed by atoms with van der Waals surface area (Å²) in [7, 11) is 0. The SMILES string of the molecule is C=CCN1C2(C)c3ccccc3C1(CC)c1ccccc12. The Balaban J connectivity index is 2.13. The molecule has 21 heavy (non-hydrogen) atoms. The molecule has 4 rings (SSSR count). The van der Waals surface area contributed by atoms with Gasteiger partial charge >= 0.3 is 0 Å². The van der Waals surface area contributed by atoms with Crippen molar-refractivity contribution in [2.24, 2.45) is 0 Å². The first-order chi connectivity index (χ1) is 10.2. The second-order valence-corrected chi connectivity index (χ2v) is 6.28. The van der Waals surface area contributed by atoms with E-state index in [1.54, 1.807) is 0 Å². The molecule has 2 bridgehead atoms. The van der Waals surface area contributed by atoms with Gasteiger partial charge in [-0.2, -0.15) is 0 Å². The van der Waals surface area contributed by atoms with E-state index >= 15 is 0 Å². The lowest BCUT2D eigenvalue weighted by molar-refractivity contribution is 0.0986. The van der Waals surface area contributed by atoms with E-state index in [9.17, 15) is 0 Å². The van der Waals surface area contributed by atoms with Gasteiger partial charge < -0.3 is 0 Å². The minimum Gasteiger partial charge on any atom is -0.272 e. The van der Waals surface area contributed by atoms with Crippen LogP contribution in [0.15, 0.2) is 61.2 Å². The van der Waals surface area contributed by atoms with Gasteiger partial charge in [0.05, 0.1) is 11.1 Å². The largest absolute Gasteiger partial charge is 0.272 e. The van der Waals surface area contributed by atoms with Gasteiger partial charge in [-0.15, -0.1) is 6.58 Å². The van der Waals surface area contributed by atoms with E-state index in [1.165, 1.54) is 22.3 Å². The maximum absolute atomic E-state index is 4.00. The molecule has 0 fully saturated rings. The first-order valence-corrected chi connectivity index (χ1v) is 7.80. The van der Waals surface area contributed by atoms with Crippen molar-refractivity contribution in [1.29, 1.82) is 0 Å². The highest BCUT2D eigenvalue weighted by Gasteiger charge is 2.62. The third-order valence-corrected chi connectivity index (χ3v) is 5.62. The summed E-state index contributed by atoms with van der Waals surface area (Å²) in [6.45, 7) is 9.59. The Bertz CT molecular complexity index is 681. The van der Waals surface area contributed by atoms with Crippen LogP contribution in [0.5, 0.6) is 0 Å². The zero-order valence-corrected chi connectivity index (χ0v) is 12.8. The lowest BCUT2D eigenvalue weighted by atomic mass is 9.72. The van der Waals surface area contributed by atoms with Crippen molar-refractivity contribution in [3.05, 3.63) is 83.4 Å². The van der Waals surface area contributed by atoms with Gasteiger partial charge in [0, 0.05) is 6.54 Å². The number of benzene rings is 2. The van der Waals surface area contributed by atoms with Crippen LogP contribution in [0.4, 0.5) is 0 Å². The highest BCUT2D eigenvalue weighted by Crippen LogP contribution is 2.63. The van der Waals surface area contributed by atoms with Crippen LogP contribution in [-0.4, -0.2) is 11.4 Å². The molecule has 0 aromatic heterocycles. The molecule has 0 saturated carbocycles. The Hall–Kier alpha value is -1.86. The topological polar surface area (TPSA) is 3.24 Å². The average molecular weight is 275 g/mol. The molecule has 1 heteroatoms. The zero-order chi connectivity index (χ0) is 14.7. The van der Waals surface area contributed by atoms with Gasteiger partial charge in [0.15, 0.2) is 0 Å². The second-order valence-electron chi connectivity index (χ2n) is 6.28. The van der Waals surface area contributed by atoms with Gasteiger partial charge in [-0.3, -0.25) is 4.90 Å². The molecule has 0 saturated heterocycles. The maximum atomic E-state index is 4.00. The van der Waals surface area contributed by atoms with Crippen molar-refractivity contribution >= 4 is 0 Å². The molecule has 2 aliphatic rings. The lowest BCUT2D eigenvalue weighted by Gasteiger charge is -2.37. The fourth-order valence-electron chi connectivity index (χ4n) is 4.83. The van der Waals surface area contributed by atoms with Crippen molar-refractivity contribution in [2.75, 3.05) is 6.54 Å². The molecule has 0 atom stereocenters. The van der Waals surface area contributed by atoms with Gasteiger partial charge in [0.2, 0.25) is 0 Å². The zero-order valence-electron chi connectivity index (χ0n) is 12.8. The van der Waals surface area contributed by atoms with Gasteiger partial charge in [-0.05, 0) is 35.6 Å². The Morgan fingerprint density at radius 3 is 1.86 bits per heavy atom. The predicted molar refractivity (Wildman–Crippen MR) is 87.3 cm³/mol. The molecular weight excluding hydrogens is 254 g/mol. The monoisotopic (exact) mass is 275 g/mol. The summed E-state index contributed by atoms with van der Waals surface area (Å²) in [5.74, 6) is 0. The minimum atomic E-state index is -0.0304. The van der Waals surface area contributed by atoms with Crippen molar-refractivity contribution < 1.29 is 0 Å². The normalized spacial score (nSPS) is 29.2.